The van der Waals surface area contributed by atoms with Crippen LogP contribution in [0.5, 0.6) is 0 Å². The van der Waals surface area contributed by atoms with Crippen LogP contribution in [0.25, 0.3) is 0 Å². The molecular weight excluding hydrogens is 293 g/mol. The van der Waals surface area contributed by atoms with Crippen LogP contribution in [0.1, 0.15) is 11.1 Å². The summed E-state index contributed by atoms with van der Waals surface area (Å²) in [5, 5.41) is 21.3. The fourth-order valence-electron chi connectivity index (χ4n) is 1.52. The van der Waals surface area contributed by atoms with Gasteiger partial charge in [-0.3, -0.25) is 0 Å². The van der Waals surface area contributed by atoms with Gasteiger partial charge in [0, 0.05) is 6.54 Å². The summed E-state index contributed by atoms with van der Waals surface area (Å²) in [7, 11) is 0. The second kappa shape index (κ2) is 6.93. The van der Waals surface area contributed by atoms with E-state index in [0.717, 1.165) is 6.07 Å². The minimum atomic E-state index is -4.55. The molecule has 0 spiro atoms. The largest absolute Gasteiger partial charge is 0.480 e. The summed E-state index contributed by atoms with van der Waals surface area (Å²) in [4.78, 5) is 21.9. The van der Waals surface area contributed by atoms with E-state index in [9.17, 15) is 22.8 Å². The third-order valence-electron chi connectivity index (χ3n) is 2.55. The van der Waals surface area contributed by atoms with Crippen molar-refractivity contribution < 1.29 is 33.0 Å². The minimum Gasteiger partial charge on any atom is -0.480 e. The van der Waals surface area contributed by atoms with E-state index in [2.05, 4.69) is 5.32 Å². The van der Waals surface area contributed by atoms with E-state index in [1.165, 1.54) is 18.2 Å². The van der Waals surface area contributed by atoms with Crippen molar-refractivity contribution in [3.63, 3.8) is 0 Å². The Bertz CT molecular complexity index is 519. The van der Waals surface area contributed by atoms with Gasteiger partial charge in [0.25, 0.3) is 0 Å². The number of urea groups is 1. The van der Waals surface area contributed by atoms with E-state index in [1.54, 1.807) is 0 Å². The Balaban J connectivity index is 2.68. The standard InChI is InChI=1S/C12H13F3N2O4/c13-12(14,15)8-4-2-1-3-7(8)5-16-11(21)17-9(6-18)10(19)20/h1-4,9,18H,5-6H2,(H,19,20)(H2,16,17,21)/t9-/m1/s1. The van der Waals surface area contributed by atoms with Gasteiger partial charge >= 0.3 is 18.2 Å². The number of carboxylic acids is 1. The first-order valence-corrected chi connectivity index (χ1v) is 5.79. The summed E-state index contributed by atoms with van der Waals surface area (Å²) in [6.07, 6.45) is -4.55. The summed E-state index contributed by atoms with van der Waals surface area (Å²) in [6.45, 7) is -1.26. The van der Waals surface area contributed by atoms with Gasteiger partial charge < -0.3 is 20.8 Å². The molecule has 0 aliphatic heterocycles. The van der Waals surface area contributed by atoms with Gasteiger partial charge in [0.1, 0.15) is 0 Å². The van der Waals surface area contributed by atoms with Crippen molar-refractivity contribution in [2.24, 2.45) is 0 Å². The van der Waals surface area contributed by atoms with E-state index in [4.69, 9.17) is 10.2 Å². The molecule has 0 bridgehead atoms. The second-order valence-corrected chi connectivity index (χ2v) is 4.06. The van der Waals surface area contributed by atoms with E-state index >= 15 is 0 Å². The van der Waals surface area contributed by atoms with Crippen LogP contribution in [-0.2, 0) is 17.5 Å². The Morgan fingerprint density at radius 2 is 1.86 bits per heavy atom. The molecule has 1 aromatic carbocycles. The Hall–Kier alpha value is -2.29. The van der Waals surface area contributed by atoms with Gasteiger partial charge in [-0.25, -0.2) is 9.59 Å². The lowest BCUT2D eigenvalue weighted by atomic mass is 10.1. The van der Waals surface area contributed by atoms with E-state index < -0.39 is 42.9 Å². The number of amides is 2. The van der Waals surface area contributed by atoms with Crippen LogP contribution >= 0.6 is 0 Å². The number of alkyl halides is 3. The Kier molecular flexibility index (Phi) is 5.53. The Morgan fingerprint density at radius 3 is 2.38 bits per heavy atom. The zero-order valence-corrected chi connectivity index (χ0v) is 10.6. The molecule has 0 aliphatic carbocycles. The Morgan fingerprint density at radius 1 is 1.24 bits per heavy atom. The first kappa shape index (κ1) is 16.8. The number of benzene rings is 1. The number of carbonyl (C=O) groups excluding carboxylic acids is 1. The monoisotopic (exact) mass is 306 g/mol. The van der Waals surface area contributed by atoms with Crippen LogP contribution in [-0.4, -0.2) is 34.9 Å². The number of carbonyl (C=O) groups is 2. The lowest BCUT2D eigenvalue weighted by Gasteiger charge is -2.15. The highest BCUT2D eigenvalue weighted by atomic mass is 19.4. The number of hydrogen-bond donors (Lipinski definition) is 4. The molecule has 6 nitrogen and oxygen atoms in total. The highest BCUT2D eigenvalue weighted by Gasteiger charge is 2.32. The molecule has 1 atom stereocenters. The molecule has 0 aliphatic rings. The van der Waals surface area contributed by atoms with Crippen LogP contribution in [0, 0.1) is 0 Å². The van der Waals surface area contributed by atoms with Gasteiger partial charge in [-0.05, 0) is 11.6 Å². The van der Waals surface area contributed by atoms with Crippen molar-refractivity contribution in [1.29, 1.82) is 0 Å². The number of aliphatic carboxylic acids is 1. The number of carboxylic acid groups (broad SMARTS) is 1. The molecular formula is C12H13F3N2O4. The predicted octanol–water partition coefficient (Wildman–Crippen LogP) is 0.950. The normalized spacial score (nSPS) is 12.6. The predicted molar refractivity (Wildman–Crippen MR) is 65.3 cm³/mol. The van der Waals surface area contributed by atoms with Crippen LogP contribution in [0.15, 0.2) is 24.3 Å². The van der Waals surface area contributed by atoms with Crippen molar-refractivity contribution >= 4 is 12.0 Å². The van der Waals surface area contributed by atoms with Crippen molar-refractivity contribution in [1.82, 2.24) is 10.6 Å². The summed E-state index contributed by atoms with van der Waals surface area (Å²) in [5.41, 5.74) is -1.04. The highest BCUT2D eigenvalue weighted by molar-refractivity contribution is 5.82. The zero-order chi connectivity index (χ0) is 16.0. The molecule has 0 heterocycles. The number of aliphatic hydroxyl groups is 1. The fraction of sp³-hybridized carbons (Fsp3) is 0.333. The molecule has 0 saturated heterocycles. The van der Waals surface area contributed by atoms with Gasteiger partial charge in [-0.15, -0.1) is 0 Å². The maximum Gasteiger partial charge on any atom is 0.416 e. The summed E-state index contributed by atoms with van der Waals surface area (Å²) < 4.78 is 38.1. The Labute approximate surface area is 117 Å². The maximum atomic E-state index is 12.7. The highest BCUT2D eigenvalue weighted by Crippen LogP contribution is 2.31. The van der Waals surface area contributed by atoms with Crippen LogP contribution in [0.2, 0.25) is 0 Å². The third-order valence-corrected chi connectivity index (χ3v) is 2.55. The molecule has 1 rings (SSSR count). The molecule has 0 saturated carbocycles. The average molecular weight is 306 g/mol. The van der Waals surface area contributed by atoms with Crippen molar-refractivity contribution in [2.45, 2.75) is 18.8 Å². The van der Waals surface area contributed by atoms with E-state index in [-0.39, 0.29) is 5.56 Å². The molecule has 0 radical (unpaired) electrons. The molecule has 0 aromatic heterocycles. The van der Waals surface area contributed by atoms with Gasteiger partial charge in [0.2, 0.25) is 0 Å². The topological polar surface area (TPSA) is 98.7 Å². The number of aliphatic hydroxyl groups excluding tert-OH is 1. The number of hydrogen-bond acceptors (Lipinski definition) is 3. The molecule has 0 unspecified atom stereocenters. The SMILES string of the molecule is O=C(NCc1ccccc1C(F)(F)F)N[C@H](CO)C(=O)O. The minimum absolute atomic E-state index is 0.156. The smallest absolute Gasteiger partial charge is 0.416 e. The fourth-order valence-corrected chi connectivity index (χ4v) is 1.52. The molecule has 21 heavy (non-hydrogen) atoms. The van der Waals surface area contributed by atoms with Crippen molar-refractivity contribution in [2.75, 3.05) is 6.61 Å². The van der Waals surface area contributed by atoms with Gasteiger partial charge in [0.15, 0.2) is 6.04 Å². The van der Waals surface area contributed by atoms with Crippen LogP contribution < -0.4 is 10.6 Å². The quantitative estimate of drug-likeness (QED) is 0.651. The maximum absolute atomic E-state index is 12.7. The molecule has 2 amide bonds. The van der Waals surface area contributed by atoms with E-state index in [0.29, 0.717) is 0 Å². The first-order chi connectivity index (χ1) is 9.75. The van der Waals surface area contributed by atoms with Crippen molar-refractivity contribution in [3.05, 3.63) is 35.4 Å². The zero-order valence-electron chi connectivity index (χ0n) is 10.6. The average Bonchev–Trinajstić information content (AvgIpc) is 2.41. The van der Waals surface area contributed by atoms with Gasteiger partial charge in [-0.1, -0.05) is 18.2 Å². The molecule has 1 aromatic rings. The van der Waals surface area contributed by atoms with Crippen molar-refractivity contribution in [3.8, 4) is 0 Å². The number of rotatable bonds is 5. The lowest BCUT2D eigenvalue weighted by Crippen LogP contribution is -2.47. The van der Waals surface area contributed by atoms with Crippen LogP contribution in [0.3, 0.4) is 0 Å². The summed E-state index contributed by atoms with van der Waals surface area (Å²) >= 11 is 0. The van der Waals surface area contributed by atoms with Gasteiger partial charge in [-0.2, -0.15) is 13.2 Å². The first-order valence-electron chi connectivity index (χ1n) is 5.79. The van der Waals surface area contributed by atoms with Crippen LogP contribution in [0.4, 0.5) is 18.0 Å². The number of halogens is 3. The second-order valence-electron chi connectivity index (χ2n) is 4.06. The molecule has 9 heteroatoms. The molecule has 0 fully saturated rings. The summed E-state index contributed by atoms with van der Waals surface area (Å²) in [6, 6.07) is 2.17. The third kappa shape index (κ3) is 4.95. The van der Waals surface area contributed by atoms with Gasteiger partial charge in [0.05, 0.1) is 12.2 Å². The lowest BCUT2D eigenvalue weighted by molar-refractivity contribution is -0.140. The number of nitrogens with one attached hydrogen (secondary N) is 2. The summed E-state index contributed by atoms with van der Waals surface area (Å²) in [5.74, 6) is -1.46. The molecule has 4 N–H and O–H groups in total. The molecule has 116 valence electrons. The van der Waals surface area contributed by atoms with E-state index in [1.807, 2.05) is 5.32 Å².